The lowest BCUT2D eigenvalue weighted by Gasteiger charge is -2.12. The summed E-state index contributed by atoms with van der Waals surface area (Å²) in [6.07, 6.45) is 0.788. The Morgan fingerprint density at radius 1 is 1.19 bits per heavy atom. The van der Waals surface area contributed by atoms with Gasteiger partial charge in [-0.05, 0) is 31.5 Å². The maximum absolute atomic E-state index is 12.9. The lowest BCUT2D eigenvalue weighted by molar-refractivity contribution is 0.102. The monoisotopic (exact) mass is 288 g/mol. The Morgan fingerprint density at radius 3 is 2.29 bits per heavy atom. The number of ketones is 1. The molecule has 1 aromatic heterocycles. The molecule has 2 aromatic rings. The molecule has 112 valence electrons. The fraction of sp³-hybridized carbons (Fsp3) is 0.375. The maximum atomic E-state index is 12.9. The van der Waals surface area contributed by atoms with Gasteiger partial charge in [-0.1, -0.05) is 13.0 Å². The number of methoxy groups -OCH3 is 2. The second kappa shape index (κ2) is 6.43. The van der Waals surface area contributed by atoms with Crippen molar-refractivity contribution in [3.63, 3.8) is 0 Å². The second-order valence-electron chi connectivity index (χ2n) is 4.56. The van der Waals surface area contributed by atoms with Gasteiger partial charge in [0.2, 0.25) is 5.78 Å². The highest BCUT2D eigenvalue weighted by atomic mass is 16.5. The van der Waals surface area contributed by atoms with Crippen molar-refractivity contribution in [1.82, 2.24) is 9.78 Å². The molecule has 0 aliphatic carbocycles. The van der Waals surface area contributed by atoms with E-state index in [0.717, 1.165) is 12.1 Å². The first-order chi connectivity index (χ1) is 10.2. The summed E-state index contributed by atoms with van der Waals surface area (Å²) in [6.45, 7) is 4.61. The Labute approximate surface area is 124 Å². The van der Waals surface area contributed by atoms with Gasteiger partial charge in [0.1, 0.15) is 22.8 Å². The van der Waals surface area contributed by atoms with Gasteiger partial charge in [-0.3, -0.25) is 9.48 Å². The molecule has 0 radical (unpaired) electrons. The highest BCUT2D eigenvalue weighted by Gasteiger charge is 2.23. The minimum atomic E-state index is -0.140. The summed E-state index contributed by atoms with van der Waals surface area (Å²) in [5, 5.41) is 4.42. The molecule has 0 spiro atoms. The van der Waals surface area contributed by atoms with Crippen LogP contribution in [0, 0.1) is 0 Å². The van der Waals surface area contributed by atoms with Crippen molar-refractivity contribution >= 4 is 5.78 Å². The summed E-state index contributed by atoms with van der Waals surface area (Å²) in [4.78, 5) is 12.9. The fourth-order valence-electron chi connectivity index (χ4n) is 2.27. The van der Waals surface area contributed by atoms with Gasteiger partial charge < -0.3 is 9.47 Å². The van der Waals surface area contributed by atoms with E-state index in [2.05, 4.69) is 5.10 Å². The van der Waals surface area contributed by atoms with Gasteiger partial charge >= 0.3 is 0 Å². The van der Waals surface area contributed by atoms with Crippen LogP contribution in [-0.2, 0) is 13.0 Å². The Bertz CT molecular complexity index is 625. The summed E-state index contributed by atoms with van der Waals surface area (Å²) >= 11 is 0. The van der Waals surface area contributed by atoms with Gasteiger partial charge in [0, 0.05) is 6.54 Å². The zero-order valence-corrected chi connectivity index (χ0v) is 12.8. The van der Waals surface area contributed by atoms with Crippen molar-refractivity contribution in [3.05, 3.63) is 41.2 Å². The molecule has 0 N–H and O–H groups in total. The van der Waals surface area contributed by atoms with Crippen LogP contribution in [0.3, 0.4) is 0 Å². The number of benzene rings is 1. The summed E-state index contributed by atoms with van der Waals surface area (Å²) in [5.41, 5.74) is 1.88. The third-order valence-electron chi connectivity index (χ3n) is 3.38. The number of rotatable bonds is 6. The molecule has 0 amide bonds. The largest absolute Gasteiger partial charge is 0.496 e. The minimum absolute atomic E-state index is 0.140. The van der Waals surface area contributed by atoms with Crippen LogP contribution in [0.2, 0.25) is 0 Å². The van der Waals surface area contributed by atoms with Crippen LogP contribution in [0.15, 0.2) is 24.3 Å². The molecule has 5 nitrogen and oxygen atoms in total. The van der Waals surface area contributed by atoms with Crippen LogP contribution in [0.4, 0.5) is 0 Å². The fourth-order valence-corrected chi connectivity index (χ4v) is 2.27. The first-order valence-corrected chi connectivity index (χ1v) is 6.98. The number of carbonyl (C=O) groups excluding carboxylic acids is 1. The first-order valence-electron chi connectivity index (χ1n) is 6.98. The van der Waals surface area contributed by atoms with E-state index >= 15 is 0 Å². The number of aromatic nitrogens is 2. The molecule has 0 saturated heterocycles. The predicted octanol–water partition coefficient (Wildman–Crippen LogP) is 2.71. The Hall–Kier alpha value is -2.30. The molecular formula is C16H20N2O3. The van der Waals surface area contributed by atoms with E-state index in [1.807, 2.05) is 19.9 Å². The van der Waals surface area contributed by atoms with Gasteiger partial charge in [-0.15, -0.1) is 0 Å². The highest BCUT2D eigenvalue weighted by Crippen LogP contribution is 2.30. The standard InChI is InChI=1S/C16H20N2O3/c1-5-11-10-12(18(6-2)17-11)16(19)15-13(20-3)8-7-9-14(15)21-4/h7-10H,5-6H2,1-4H3. The number of aryl methyl sites for hydroxylation is 2. The van der Waals surface area contributed by atoms with Crippen molar-refractivity contribution in [1.29, 1.82) is 0 Å². The summed E-state index contributed by atoms with van der Waals surface area (Å²) < 4.78 is 12.3. The zero-order valence-electron chi connectivity index (χ0n) is 12.8. The molecule has 0 unspecified atom stereocenters. The van der Waals surface area contributed by atoms with Gasteiger partial charge in [0.25, 0.3) is 0 Å². The van der Waals surface area contributed by atoms with Gasteiger partial charge in [-0.25, -0.2) is 0 Å². The van der Waals surface area contributed by atoms with Crippen molar-refractivity contribution < 1.29 is 14.3 Å². The minimum Gasteiger partial charge on any atom is -0.496 e. The quantitative estimate of drug-likeness (QED) is 0.767. The molecular weight excluding hydrogens is 268 g/mol. The van der Waals surface area contributed by atoms with E-state index in [9.17, 15) is 4.79 Å². The van der Waals surface area contributed by atoms with Crippen LogP contribution >= 0.6 is 0 Å². The molecule has 0 fully saturated rings. The molecule has 0 aliphatic rings. The number of nitrogens with zero attached hydrogens (tertiary/aromatic N) is 2. The molecule has 2 rings (SSSR count). The van der Waals surface area contributed by atoms with Gasteiger partial charge in [-0.2, -0.15) is 5.10 Å². The number of hydrogen-bond acceptors (Lipinski definition) is 4. The van der Waals surface area contributed by atoms with Crippen molar-refractivity contribution in [2.45, 2.75) is 26.8 Å². The Morgan fingerprint density at radius 2 is 1.81 bits per heavy atom. The average Bonchev–Trinajstić information content (AvgIpc) is 2.96. The van der Waals surface area contributed by atoms with Crippen LogP contribution in [-0.4, -0.2) is 29.8 Å². The maximum Gasteiger partial charge on any atom is 0.218 e. The summed E-state index contributed by atoms with van der Waals surface area (Å²) in [7, 11) is 3.08. The van der Waals surface area contributed by atoms with E-state index < -0.39 is 0 Å². The molecule has 21 heavy (non-hydrogen) atoms. The second-order valence-corrected chi connectivity index (χ2v) is 4.56. The first kappa shape index (κ1) is 15.1. The summed E-state index contributed by atoms with van der Waals surface area (Å²) in [5.74, 6) is 0.862. The van der Waals surface area contributed by atoms with E-state index in [0.29, 0.717) is 29.3 Å². The topological polar surface area (TPSA) is 53.4 Å². The molecule has 1 heterocycles. The Kier molecular flexibility index (Phi) is 4.62. The van der Waals surface area contributed by atoms with Crippen molar-refractivity contribution in [2.75, 3.05) is 14.2 Å². The van der Waals surface area contributed by atoms with Crippen molar-refractivity contribution in [3.8, 4) is 11.5 Å². The molecule has 1 aromatic carbocycles. The van der Waals surface area contributed by atoms with E-state index in [-0.39, 0.29) is 5.78 Å². The van der Waals surface area contributed by atoms with Crippen LogP contribution in [0.5, 0.6) is 11.5 Å². The van der Waals surface area contributed by atoms with Crippen LogP contribution < -0.4 is 9.47 Å². The third-order valence-corrected chi connectivity index (χ3v) is 3.38. The Balaban J connectivity index is 2.56. The van der Waals surface area contributed by atoms with Crippen LogP contribution in [0.1, 0.15) is 35.6 Å². The average molecular weight is 288 g/mol. The molecule has 5 heteroatoms. The lowest BCUT2D eigenvalue weighted by atomic mass is 10.0. The molecule has 0 saturated carbocycles. The smallest absolute Gasteiger partial charge is 0.218 e. The normalized spacial score (nSPS) is 10.5. The van der Waals surface area contributed by atoms with Gasteiger partial charge in [0.15, 0.2) is 0 Å². The number of ether oxygens (including phenoxy) is 2. The lowest BCUT2D eigenvalue weighted by Crippen LogP contribution is -2.12. The molecule has 0 bridgehead atoms. The zero-order chi connectivity index (χ0) is 15.4. The third kappa shape index (κ3) is 2.77. The van der Waals surface area contributed by atoms with Crippen LogP contribution in [0.25, 0.3) is 0 Å². The molecule has 0 aliphatic heterocycles. The number of hydrogen-bond donors (Lipinski definition) is 0. The van der Waals surface area contributed by atoms with Gasteiger partial charge in [0.05, 0.1) is 19.9 Å². The highest BCUT2D eigenvalue weighted by molar-refractivity contribution is 6.11. The van der Waals surface area contributed by atoms with Crippen molar-refractivity contribution in [2.24, 2.45) is 0 Å². The van der Waals surface area contributed by atoms with E-state index in [4.69, 9.17) is 9.47 Å². The van der Waals surface area contributed by atoms with E-state index in [1.54, 1.807) is 37.1 Å². The molecule has 0 atom stereocenters. The van der Waals surface area contributed by atoms with E-state index in [1.165, 1.54) is 0 Å². The SMILES string of the molecule is CCc1cc(C(=O)c2c(OC)cccc2OC)n(CC)n1. The summed E-state index contributed by atoms with van der Waals surface area (Å²) in [6, 6.07) is 7.13. The predicted molar refractivity (Wildman–Crippen MR) is 80.3 cm³/mol. The number of carbonyl (C=O) groups is 1.